The third-order valence-corrected chi connectivity index (χ3v) is 4.69. The van der Waals surface area contributed by atoms with Crippen LogP contribution >= 0.6 is 0 Å². The zero-order chi connectivity index (χ0) is 19.9. The molecule has 0 aliphatic rings. The number of fused-ring (bicyclic) bond motifs is 1. The molecule has 0 bridgehead atoms. The van der Waals surface area contributed by atoms with Crippen LogP contribution in [0.5, 0.6) is 11.5 Å². The van der Waals surface area contributed by atoms with Crippen molar-refractivity contribution in [3.05, 3.63) is 65.1 Å². The Morgan fingerprint density at radius 2 is 1.93 bits per heavy atom. The van der Waals surface area contributed by atoms with Crippen molar-refractivity contribution in [3.8, 4) is 11.5 Å². The average molecular weight is 380 g/mol. The number of hydrogen-bond acceptors (Lipinski definition) is 4. The van der Waals surface area contributed by atoms with Crippen LogP contribution in [0.1, 0.15) is 45.1 Å². The first-order chi connectivity index (χ1) is 13.6. The second-order valence-electron chi connectivity index (χ2n) is 6.76. The summed E-state index contributed by atoms with van der Waals surface area (Å²) < 4.78 is 6.89. The molecule has 0 aliphatic carbocycles. The van der Waals surface area contributed by atoms with Crippen molar-refractivity contribution in [3.63, 3.8) is 0 Å². The van der Waals surface area contributed by atoms with Gasteiger partial charge in [-0.2, -0.15) is 5.10 Å². The first kappa shape index (κ1) is 19.6. The Balaban J connectivity index is 1.81. The highest BCUT2D eigenvalue weighted by atomic mass is 16.5. The predicted octanol–water partition coefficient (Wildman–Crippen LogP) is 4.78. The summed E-state index contributed by atoms with van der Waals surface area (Å²) in [6.45, 7) is 2.09. The van der Waals surface area contributed by atoms with Gasteiger partial charge in [-0.15, -0.1) is 0 Å². The third kappa shape index (κ3) is 4.57. The minimum Gasteiger partial charge on any atom is -0.480 e. The van der Waals surface area contributed by atoms with Crippen LogP contribution in [-0.4, -0.2) is 20.9 Å². The topological polar surface area (TPSA) is 81.4 Å². The number of nitrogens with zero attached hydrogens (tertiary/aromatic N) is 2. The Hall–Kier alpha value is -3.15. The van der Waals surface area contributed by atoms with Crippen molar-refractivity contribution in [2.45, 2.75) is 45.1 Å². The van der Waals surface area contributed by atoms with Crippen molar-refractivity contribution in [2.24, 2.45) is 0 Å². The molecule has 0 saturated heterocycles. The van der Waals surface area contributed by atoms with E-state index in [1.54, 1.807) is 0 Å². The minimum absolute atomic E-state index is 0.285. The van der Waals surface area contributed by atoms with Gasteiger partial charge < -0.3 is 9.84 Å². The molecule has 1 heterocycles. The summed E-state index contributed by atoms with van der Waals surface area (Å²) in [6, 6.07) is 13.8. The van der Waals surface area contributed by atoms with Gasteiger partial charge in [0.15, 0.2) is 11.8 Å². The van der Waals surface area contributed by atoms with E-state index in [2.05, 4.69) is 12.0 Å². The van der Waals surface area contributed by atoms with Gasteiger partial charge in [0.05, 0.1) is 6.20 Å². The van der Waals surface area contributed by atoms with Gasteiger partial charge in [0.1, 0.15) is 5.75 Å². The van der Waals surface area contributed by atoms with Gasteiger partial charge in [-0.25, -0.2) is 9.48 Å². The molecule has 146 valence electrons. The minimum atomic E-state index is -1.05. The van der Waals surface area contributed by atoms with Crippen LogP contribution in [0.4, 0.5) is 0 Å². The fourth-order valence-corrected chi connectivity index (χ4v) is 3.22. The fourth-order valence-electron chi connectivity index (χ4n) is 3.22. The number of hydrogen-bond donors (Lipinski definition) is 1. The van der Waals surface area contributed by atoms with Crippen LogP contribution in [0.25, 0.3) is 10.8 Å². The number of ether oxygens (including phenoxy) is 1. The number of carbonyl (C=O) groups is 1. The van der Waals surface area contributed by atoms with E-state index < -0.39 is 17.6 Å². The van der Waals surface area contributed by atoms with Crippen LogP contribution in [0.15, 0.2) is 59.5 Å². The number of rotatable bonds is 9. The SMILES string of the molecule is CCCCCCC(C(=O)O)n1ncc(Oc2cccc3ccccc23)cc1=O. The van der Waals surface area contributed by atoms with Gasteiger partial charge in [0.25, 0.3) is 5.56 Å². The van der Waals surface area contributed by atoms with Crippen molar-refractivity contribution in [1.29, 1.82) is 0 Å². The van der Waals surface area contributed by atoms with Crippen LogP contribution in [0.3, 0.4) is 0 Å². The number of carboxylic acid groups (broad SMARTS) is 1. The Morgan fingerprint density at radius 1 is 1.14 bits per heavy atom. The maximum Gasteiger partial charge on any atom is 0.328 e. The molecule has 2 aromatic carbocycles. The van der Waals surface area contributed by atoms with E-state index in [0.29, 0.717) is 12.2 Å². The van der Waals surface area contributed by atoms with Crippen LogP contribution < -0.4 is 10.3 Å². The Labute approximate surface area is 163 Å². The molecule has 1 N–H and O–H groups in total. The smallest absolute Gasteiger partial charge is 0.328 e. The van der Waals surface area contributed by atoms with E-state index in [-0.39, 0.29) is 5.75 Å². The van der Waals surface area contributed by atoms with Gasteiger partial charge in [-0.3, -0.25) is 4.79 Å². The van der Waals surface area contributed by atoms with E-state index in [1.807, 2.05) is 42.5 Å². The second-order valence-corrected chi connectivity index (χ2v) is 6.76. The molecule has 3 rings (SSSR count). The summed E-state index contributed by atoms with van der Waals surface area (Å²) in [4.78, 5) is 24.1. The first-order valence-corrected chi connectivity index (χ1v) is 9.57. The molecular formula is C22H24N2O4. The third-order valence-electron chi connectivity index (χ3n) is 4.69. The molecule has 0 amide bonds. The fraction of sp³-hybridized carbons (Fsp3) is 0.318. The summed E-state index contributed by atoms with van der Waals surface area (Å²) >= 11 is 0. The van der Waals surface area contributed by atoms with Crippen molar-refractivity contribution < 1.29 is 14.6 Å². The van der Waals surface area contributed by atoms with Crippen molar-refractivity contribution in [2.75, 3.05) is 0 Å². The Kier molecular flexibility index (Phi) is 6.42. The van der Waals surface area contributed by atoms with Crippen LogP contribution in [-0.2, 0) is 4.79 Å². The van der Waals surface area contributed by atoms with E-state index in [0.717, 1.165) is 41.1 Å². The molecule has 6 nitrogen and oxygen atoms in total. The predicted molar refractivity (Wildman–Crippen MR) is 108 cm³/mol. The monoisotopic (exact) mass is 380 g/mol. The highest BCUT2D eigenvalue weighted by molar-refractivity contribution is 5.88. The van der Waals surface area contributed by atoms with Gasteiger partial charge >= 0.3 is 5.97 Å². The maximum atomic E-state index is 12.5. The molecule has 6 heteroatoms. The van der Waals surface area contributed by atoms with Gasteiger partial charge in [-0.1, -0.05) is 69.0 Å². The number of benzene rings is 2. The summed E-state index contributed by atoms with van der Waals surface area (Å²) in [6.07, 6.45) is 5.57. The quantitative estimate of drug-likeness (QED) is 0.540. The number of unbranched alkanes of at least 4 members (excludes halogenated alkanes) is 3. The van der Waals surface area contributed by atoms with E-state index in [4.69, 9.17) is 4.74 Å². The lowest BCUT2D eigenvalue weighted by atomic mass is 10.1. The summed E-state index contributed by atoms with van der Waals surface area (Å²) in [7, 11) is 0. The second kappa shape index (κ2) is 9.17. The zero-order valence-electron chi connectivity index (χ0n) is 15.9. The molecule has 3 aromatic rings. The normalized spacial score (nSPS) is 12.0. The van der Waals surface area contributed by atoms with Gasteiger partial charge in [0.2, 0.25) is 0 Å². The molecule has 0 saturated carbocycles. The average Bonchev–Trinajstić information content (AvgIpc) is 2.69. The molecule has 1 unspecified atom stereocenters. The number of aliphatic carboxylic acids is 1. The Bertz CT molecular complexity index is 1010. The number of aromatic nitrogens is 2. The molecule has 0 spiro atoms. The highest BCUT2D eigenvalue weighted by Crippen LogP contribution is 2.29. The molecule has 0 fully saturated rings. The first-order valence-electron chi connectivity index (χ1n) is 9.57. The van der Waals surface area contributed by atoms with Crippen molar-refractivity contribution >= 4 is 16.7 Å². The van der Waals surface area contributed by atoms with Crippen LogP contribution in [0, 0.1) is 0 Å². The lowest BCUT2D eigenvalue weighted by Crippen LogP contribution is -2.31. The lowest BCUT2D eigenvalue weighted by Gasteiger charge is -2.15. The molecule has 1 aromatic heterocycles. The zero-order valence-corrected chi connectivity index (χ0v) is 15.9. The Morgan fingerprint density at radius 3 is 2.68 bits per heavy atom. The molecular weight excluding hydrogens is 356 g/mol. The number of carboxylic acids is 1. The lowest BCUT2D eigenvalue weighted by molar-refractivity contribution is -0.141. The highest BCUT2D eigenvalue weighted by Gasteiger charge is 2.21. The maximum absolute atomic E-state index is 12.5. The van der Waals surface area contributed by atoms with E-state index in [1.165, 1.54) is 12.3 Å². The molecule has 28 heavy (non-hydrogen) atoms. The largest absolute Gasteiger partial charge is 0.480 e. The standard InChI is InChI=1S/C22H24N2O4/c1-2-3-4-5-12-19(22(26)27)24-21(25)14-17(15-23-24)28-20-13-8-10-16-9-6-7-11-18(16)20/h6-11,13-15,19H,2-5,12H2,1H3,(H,26,27). The van der Waals surface area contributed by atoms with Crippen LogP contribution in [0.2, 0.25) is 0 Å². The summed E-state index contributed by atoms with van der Waals surface area (Å²) in [5.41, 5.74) is -0.486. The van der Waals surface area contributed by atoms with Crippen molar-refractivity contribution in [1.82, 2.24) is 9.78 Å². The van der Waals surface area contributed by atoms with E-state index >= 15 is 0 Å². The molecule has 1 atom stereocenters. The van der Waals surface area contributed by atoms with Gasteiger partial charge in [0, 0.05) is 11.5 Å². The molecule has 0 radical (unpaired) electrons. The summed E-state index contributed by atoms with van der Waals surface area (Å²) in [5.74, 6) is -0.145. The van der Waals surface area contributed by atoms with Gasteiger partial charge in [-0.05, 0) is 17.9 Å². The summed E-state index contributed by atoms with van der Waals surface area (Å²) in [5, 5.41) is 15.5. The molecule has 0 aliphatic heterocycles. The van der Waals surface area contributed by atoms with E-state index in [9.17, 15) is 14.7 Å².